The van der Waals surface area contributed by atoms with Crippen LogP contribution in [0.2, 0.25) is 0 Å². The number of hydrogen-bond acceptors (Lipinski definition) is 3. The lowest BCUT2D eigenvalue weighted by atomic mass is 10.3. The molecule has 0 bridgehead atoms. The first-order valence-corrected chi connectivity index (χ1v) is 3.80. The Morgan fingerprint density at radius 2 is 1.91 bits per heavy atom. The molecule has 1 radical (unpaired) electrons. The van der Waals surface area contributed by atoms with Gasteiger partial charge in [0.2, 0.25) is 0 Å². The Morgan fingerprint density at radius 3 is 2.36 bits per heavy atom. The van der Waals surface area contributed by atoms with E-state index >= 15 is 0 Å². The maximum Gasteiger partial charge on any atom is 0.125 e. The molecular weight excluding hydrogens is 144 g/mol. The molecular formula is C8H17O3. The van der Waals surface area contributed by atoms with Gasteiger partial charge in [0.15, 0.2) is 0 Å². The lowest BCUT2D eigenvalue weighted by Gasteiger charge is -2.13. The van der Waals surface area contributed by atoms with E-state index in [1.54, 1.807) is 14.2 Å². The Hall–Kier alpha value is -0.120. The van der Waals surface area contributed by atoms with Crippen LogP contribution >= 0.6 is 0 Å². The molecule has 0 aromatic carbocycles. The molecule has 0 fully saturated rings. The van der Waals surface area contributed by atoms with Crippen LogP contribution < -0.4 is 0 Å². The molecule has 0 saturated heterocycles. The van der Waals surface area contributed by atoms with Gasteiger partial charge >= 0.3 is 0 Å². The van der Waals surface area contributed by atoms with E-state index in [1.807, 2.05) is 6.92 Å². The van der Waals surface area contributed by atoms with Crippen LogP contribution in [0.15, 0.2) is 0 Å². The van der Waals surface area contributed by atoms with Crippen LogP contribution in [0.5, 0.6) is 0 Å². The van der Waals surface area contributed by atoms with Crippen LogP contribution in [0.1, 0.15) is 13.3 Å². The largest absolute Gasteiger partial charge is 0.385 e. The molecule has 0 aliphatic heterocycles. The van der Waals surface area contributed by atoms with Gasteiger partial charge in [-0.15, -0.1) is 0 Å². The van der Waals surface area contributed by atoms with E-state index in [1.165, 1.54) is 0 Å². The van der Waals surface area contributed by atoms with Crippen molar-refractivity contribution in [2.24, 2.45) is 0 Å². The SMILES string of the molecule is CCO[C](CCOC)COC. The molecule has 0 saturated carbocycles. The smallest absolute Gasteiger partial charge is 0.125 e. The monoisotopic (exact) mass is 161 g/mol. The molecule has 0 spiro atoms. The number of ether oxygens (including phenoxy) is 3. The summed E-state index contributed by atoms with van der Waals surface area (Å²) >= 11 is 0. The maximum atomic E-state index is 5.30. The molecule has 0 aromatic rings. The molecule has 0 aliphatic carbocycles. The summed E-state index contributed by atoms with van der Waals surface area (Å²) in [6.07, 6.45) is 1.77. The van der Waals surface area contributed by atoms with Crippen molar-refractivity contribution in [3.63, 3.8) is 0 Å². The van der Waals surface area contributed by atoms with Gasteiger partial charge in [0, 0.05) is 33.9 Å². The minimum atomic E-state index is 0.567. The van der Waals surface area contributed by atoms with E-state index in [0.29, 0.717) is 19.8 Å². The topological polar surface area (TPSA) is 27.7 Å². The minimum Gasteiger partial charge on any atom is -0.385 e. The molecule has 0 N–H and O–H groups in total. The number of methoxy groups -OCH3 is 2. The van der Waals surface area contributed by atoms with Gasteiger partial charge in [-0.1, -0.05) is 0 Å². The van der Waals surface area contributed by atoms with Crippen LogP contribution in [0.25, 0.3) is 0 Å². The Labute approximate surface area is 68.6 Å². The van der Waals surface area contributed by atoms with Crippen molar-refractivity contribution in [2.45, 2.75) is 13.3 Å². The maximum absolute atomic E-state index is 5.30. The molecule has 0 aliphatic rings. The van der Waals surface area contributed by atoms with Crippen LogP contribution in [-0.4, -0.2) is 34.0 Å². The van der Waals surface area contributed by atoms with Crippen LogP contribution in [0, 0.1) is 6.10 Å². The number of rotatable bonds is 7. The second-order valence-electron chi connectivity index (χ2n) is 2.15. The van der Waals surface area contributed by atoms with E-state index in [0.717, 1.165) is 12.5 Å². The van der Waals surface area contributed by atoms with Crippen molar-refractivity contribution < 1.29 is 14.2 Å². The van der Waals surface area contributed by atoms with Gasteiger partial charge in [0.05, 0.1) is 6.61 Å². The third-order valence-corrected chi connectivity index (χ3v) is 1.24. The molecule has 0 aromatic heterocycles. The zero-order valence-corrected chi connectivity index (χ0v) is 7.55. The number of hydrogen-bond donors (Lipinski definition) is 0. The first-order valence-electron chi connectivity index (χ1n) is 3.80. The second-order valence-corrected chi connectivity index (χ2v) is 2.15. The minimum absolute atomic E-state index is 0.567. The summed E-state index contributed by atoms with van der Waals surface area (Å²) in [4.78, 5) is 0. The van der Waals surface area contributed by atoms with Crippen molar-refractivity contribution in [3.8, 4) is 0 Å². The molecule has 67 valence electrons. The van der Waals surface area contributed by atoms with Gasteiger partial charge in [-0.2, -0.15) is 0 Å². The molecule has 0 unspecified atom stereocenters. The summed E-state index contributed by atoms with van der Waals surface area (Å²) in [6.45, 7) is 3.92. The average molecular weight is 161 g/mol. The first kappa shape index (κ1) is 10.9. The molecule has 0 heterocycles. The van der Waals surface area contributed by atoms with Gasteiger partial charge in [0.1, 0.15) is 6.10 Å². The van der Waals surface area contributed by atoms with Crippen molar-refractivity contribution in [1.82, 2.24) is 0 Å². The average Bonchev–Trinajstić information content (AvgIpc) is 2.01. The summed E-state index contributed by atoms with van der Waals surface area (Å²) in [5.41, 5.74) is 0. The Morgan fingerprint density at radius 1 is 1.18 bits per heavy atom. The van der Waals surface area contributed by atoms with E-state index in [4.69, 9.17) is 14.2 Å². The highest BCUT2D eigenvalue weighted by Gasteiger charge is 2.07. The van der Waals surface area contributed by atoms with Crippen molar-refractivity contribution in [3.05, 3.63) is 6.10 Å². The second kappa shape index (κ2) is 7.98. The van der Waals surface area contributed by atoms with Gasteiger partial charge in [-0.3, -0.25) is 0 Å². The Balaban J connectivity index is 3.34. The molecule has 3 nitrogen and oxygen atoms in total. The fourth-order valence-corrected chi connectivity index (χ4v) is 0.767. The van der Waals surface area contributed by atoms with Gasteiger partial charge in [-0.25, -0.2) is 0 Å². The van der Waals surface area contributed by atoms with Crippen molar-refractivity contribution in [2.75, 3.05) is 34.0 Å². The highest BCUT2D eigenvalue weighted by molar-refractivity contribution is 4.77. The van der Waals surface area contributed by atoms with Gasteiger partial charge in [-0.05, 0) is 6.92 Å². The fourth-order valence-electron chi connectivity index (χ4n) is 0.767. The highest BCUT2D eigenvalue weighted by Crippen LogP contribution is 2.07. The zero-order valence-electron chi connectivity index (χ0n) is 7.55. The van der Waals surface area contributed by atoms with Crippen LogP contribution in [0.3, 0.4) is 0 Å². The van der Waals surface area contributed by atoms with Crippen LogP contribution in [-0.2, 0) is 14.2 Å². The van der Waals surface area contributed by atoms with Gasteiger partial charge < -0.3 is 14.2 Å². The third-order valence-electron chi connectivity index (χ3n) is 1.24. The quantitative estimate of drug-likeness (QED) is 0.562. The normalized spacial score (nSPS) is 10.9. The van der Waals surface area contributed by atoms with E-state index in [2.05, 4.69) is 0 Å². The fraction of sp³-hybridized carbons (Fsp3) is 0.875. The standard InChI is InChI=1S/C8H17O3/c1-4-11-8(7-10-3)5-6-9-2/h4-7H2,1-3H3. The van der Waals surface area contributed by atoms with Crippen molar-refractivity contribution >= 4 is 0 Å². The Bertz CT molecular complexity index is 69.7. The Kier molecular flexibility index (Phi) is 7.89. The van der Waals surface area contributed by atoms with E-state index in [9.17, 15) is 0 Å². The van der Waals surface area contributed by atoms with Crippen LogP contribution in [0.4, 0.5) is 0 Å². The summed E-state index contributed by atoms with van der Waals surface area (Å²) in [5.74, 6) is 0. The highest BCUT2D eigenvalue weighted by atomic mass is 16.5. The predicted molar refractivity (Wildman–Crippen MR) is 43.2 cm³/mol. The molecule has 3 heteroatoms. The lowest BCUT2D eigenvalue weighted by molar-refractivity contribution is 0.0595. The molecule has 0 amide bonds. The predicted octanol–water partition coefficient (Wildman–Crippen LogP) is 1.24. The summed E-state index contributed by atoms with van der Waals surface area (Å²) in [5, 5.41) is 0. The van der Waals surface area contributed by atoms with E-state index < -0.39 is 0 Å². The molecule has 11 heavy (non-hydrogen) atoms. The zero-order chi connectivity index (χ0) is 8.53. The first-order chi connectivity index (χ1) is 5.35. The van der Waals surface area contributed by atoms with E-state index in [-0.39, 0.29) is 0 Å². The van der Waals surface area contributed by atoms with Crippen molar-refractivity contribution in [1.29, 1.82) is 0 Å². The third kappa shape index (κ3) is 6.28. The van der Waals surface area contributed by atoms with Gasteiger partial charge in [0.25, 0.3) is 0 Å². The molecule has 0 atom stereocenters. The lowest BCUT2D eigenvalue weighted by Crippen LogP contribution is -2.12. The summed E-state index contributed by atoms with van der Waals surface area (Å²) < 4.78 is 15.1. The molecule has 0 rings (SSSR count). The summed E-state index contributed by atoms with van der Waals surface area (Å²) in [7, 11) is 3.34. The summed E-state index contributed by atoms with van der Waals surface area (Å²) in [6, 6.07) is 0.